The number of halogens is 3. The van der Waals surface area contributed by atoms with Gasteiger partial charge in [0.05, 0.1) is 6.61 Å². The molecule has 9 N–H and O–H groups in total. The largest absolute Gasteiger partial charge is 0.471 e. The molecule has 2 rings (SSSR count). The second-order valence-corrected chi connectivity index (χ2v) is 6.43. The third-order valence-electron chi connectivity index (χ3n) is 3.89. The number of nitrogens with one attached hydrogen (secondary N) is 2. The Bertz CT molecular complexity index is 844. The van der Waals surface area contributed by atoms with Gasteiger partial charge >= 0.3 is 17.8 Å². The first-order valence-electron chi connectivity index (χ1n) is 7.43. The van der Waals surface area contributed by atoms with E-state index in [1.807, 2.05) is 0 Å². The van der Waals surface area contributed by atoms with Gasteiger partial charge in [-0.05, 0) is 6.92 Å². The Morgan fingerprint density at radius 3 is 2.38 bits per heavy atom. The SMILES string of the molecule is C[C@@]1(n2ccc(=O)[nH]c2=O)O[C@H](CO)[C@@H](O)[C@]1(O)NC(=O)C(F)(F)F.NP(O)O. The quantitative estimate of drug-likeness (QED) is 0.168. The maximum Gasteiger partial charge on any atom is 0.471 e. The highest BCUT2D eigenvalue weighted by atomic mass is 31.2. The van der Waals surface area contributed by atoms with Crippen molar-refractivity contribution in [3.8, 4) is 0 Å². The van der Waals surface area contributed by atoms with E-state index in [0.29, 0.717) is 4.57 Å². The molecule has 13 nitrogen and oxygen atoms in total. The van der Waals surface area contributed by atoms with Gasteiger partial charge in [0, 0.05) is 12.3 Å². The Hall–Kier alpha value is -1.91. The number of nitrogens with two attached hydrogens (primary N) is 1. The van der Waals surface area contributed by atoms with E-state index in [1.54, 1.807) is 4.98 Å². The van der Waals surface area contributed by atoms with Crippen LogP contribution in [0.15, 0.2) is 21.9 Å². The number of amides is 1. The summed E-state index contributed by atoms with van der Waals surface area (Å²) in [5.41, 5.74) is -3.39. The molecule has 0 aliphatic carbocycles. The van der Waals surface area contributed by atoms with Crippen molar-refractivity contribution in [2.24, 2.45) is 5.50 Å². The third-order valence-corrected chi connectivity index (χ3v) is 3.89. The number of H-pyrrole nitrogens is 1. The first-order valence-corrected chi connectivity index (χ1v) is 8.75. The number of aliphatic hydroxyl groups is 3. The molecule has 0 saturated carbocycles. The normalized spacial score (nSPS) is 29.3. The standard InChI is InChI=1S/C12H14F3N3O7.H4NO2P/c1-10(18-3-2-6(20)16-9(18)23)11(24,7(21)5(4-19)25-10)17-8(22)12(13,14)15;1-4(2)3/h2-3,5,7,19,21,24H,4H2,1H3,(H,17,22)(H,16,20,23);2-3H,1H2/t5-,7-,10-,11-;/m1./s1. The molecule has 0 unspecified atom stereocenters. The van der Waals surface area contributed by atoms with Crippen molar-refractivity contribution in [3.05, 3.63) is 33.1 Å². The molecule has 2 heterocycles. The Morgan fingerprint density at radius 2 is 1.97 bits per heavy atom. The van der Waals surface area contributed by atoms with E-state index in [4.69, 9.17) is 14.5 Å². The monoisotopic (exact) mass is 450 g/mol. The van der Waals surface area contributed by atoms with Gasteiger partial charge in [-0.1, -0.05) is 0 Å². The van der Waals surface area contributed by atoms with Crippen molar-refractivity contribution in [3.63, 3.8) is 0 Å². The molecule has 1 amide bonds. The number of aromatic nitrogens is 2. The molecule has 0 spiro atoms. The summed E-state index contributed by atoms with van der Waals surface area (Å²) >= 11 is 0. The minimum Gasteiger partial charge on any atom is -0.394 e. The number of carbonyl (C=O) groups excluding carboxylic acids is 1. The van der Waals surface area contributed by atoms with Crippen LogP contribution in [-0.2, 0) is 15.3 Å². The average Bonchev–Trinajstić information content (AvgIpc) is 2.75. The summed E-state index contributed by atoms with van der Waals surface area (Å²) < 4.78 is 43.3. The van der Waals surface area contributed by atoms with Gasteiger partial charge in [-0.3, -0.25) is 24.6 Å². The first-order chi connectivity index (χ1) is 13.1. The van der Waals surface area contributed by atoms with Gasteiger partial charge in [0.15, 0.2) is 5.72 Å². The molecular formula is C12H18F3N4O9P. The summed E-state index contributed by atoms with van der Waals surface area (Å²) in [5.74, 6) is -2.61. The molecule has 1 fully saturated rings. The lowest BCUT2D eigenvalue weighted by Gasteiger charge is -2.40. The van der Waals surface area contributed by atoms with Crippen molar-refractivity contribution in [2.45, 2.75) is 36.8 Å². The Morgan fingerprint density at radius 1 is 1.45 bits per heavy atom. The lowest BCUT2D eigenvalue weighted by Crippen LogP contribution is -2.69. The predicted molar refractivity (Wildman–Crippen MR) is 87.6 cm³/mol. The number of hydrogen-bond acceptors (Lipinski definition) is 10. The van der Waals surface area contributed by atoms with Gasteiger partial charge in [0.1, 0.15) is 12.2 Å². The first kappa shape index (κ1) is 25.1. The molecule has 29 heavy (non-hydrogen) atoms. The van der Waals surface area contributed by atoms with Crippen LogP contribution < -0.4 is 22.1 Å². The highest BCUT2D eigenvalue weighted by Crippen LogP contribution is 2.41. The van der Waals surface area contributed by atoms with Crippen LogP contribution in [0.2, 0.25) is 0 Å². The zero-order valence-corrected chi connectivity index (χ0v) is 15.4. The van der Waals surface area contributed by atoms with E-state index in [1.165, 1.54) is 5.32 Å². The number of hydrogen-bond donors (Lipinski definition) is 8. The fourth-order valence-electron chi connectivity index (χ4n) is 2.56. The minimum atomic E-state index is -5.41. The van der Waals surface area contributed by atoms with Crippen molar-refractivity contribution < 1.29 is 47.8 Å². The smallest absolute Gasteiger partial charge is 0.394 e. The topological polar surface area (TPSA) is 220 Å². The zero-order chi connectivity index (χ0) is 22.8. The number of rotatable bonds is 3. The van der Waals surface area contributed by atoms with Crippen molar-refractivity contribution in [1.29, 1.82) is 0 Å². The van der Waals surface area contributed by atoms with E-state index < -0.39 is 62.1 Å². The predicted octanol–water partition coefficient (Wildman–Crippen LogP) is -3.51. The van der Waals surface area contributed by atoms with E-state index >= 15 is 0 Å². The number of ether oxygens (including phenoxy) is 1. The number of carbonyl (C=O) groups is 1. The lowest BCUT2D eigenvalue weighted by molar-refractivity contribution is -0.217. The van der Waals surface area contributed by atoms with Gasteiger partial charge in [-0.15, -0.1) is 0 Å². The fourth-order valence-corrected chi connectivity index (χ4v) is 2.56. The molecule has 4 atom stereocenters. The van der Waals surface area contributed by atoms with Crippen LogP contribution in [0.1, 0.15) is 6.92 Å². The van der Waals surface area contributed by atoms with Gasteiger partial charge in [-0.25, -0.2) is 4.79 Å². The molecule has 0 radical (unpaired) electrons. The van der Waals surface area contributed by atoms with Crippen LogP contribution in [0.4, 0.5) is 13.2 Å². The summed E-state index contributed by atoms with van der Waals surface area (Å²) in [4.78, 5) is 51.0. The number of alkyl halides is 3. The highest BCUT2D eigenvalue weighted by Gasteiger charge is 2.66. The van der Waals surface area contributed by atoms with Crippen LogP contribution in [0.25, 0.3) is 0 Å². The second kappa shape index (κ2) is 8.85. The number of nitrogens with zero attached hydrogens (tertiary/aromatic N) is 1. The van der Waals surface area contributed by atoms with E-state index in [2.05, 4.69) is 5.50 Å². The molecule has 1 aliphatic heterocycles. The number of aromatic amines is 1. The summed E-state index contributed by atoms with van der Waals surface area (Å²) in [7, 11) is -2.12. The Labute approximate surface area is 160 Å². The van der Waals surface area contributed by atoms with Crippen LogP contribution in [0.3, 0.4) is 0 Å². The molecule has 166 valence electrons. The van der Waals surface area contributed by atoms with E-state index in [9.17, 15) is 42.9 Å². The molecule has 1 aromatic heterocycles. The maximum absolute atomic E-state index is 12.6. The summed E-state index contributed by atoms with van der Waals surface area (Å²) in [6.07, 6.45) is -8.49. The Balaban J connectivity index is 0.000000960. The summed E-state index contributed by atoms with van der Waals surface area (Å²) in [6.45, 7) is -0.0543. The van der Waals surface area contributed by atoms with Gasteiger partial charge in [0.25, 0.3) is 5.56 Å². The summed E-state index contributed by atoms with van der Waals surface area (Å²) in [6, 6.07) is 0.806. The summed E-state index contributed by atoms with van der Waals surface area (Å²) in [5, 5.41) is 31.0. The second-order valence-electron chi connectivity index (χ2n) is 5.79. The van der Waals surface area contributed by atoms with Gasteiger partial charge in [0.2, 0.25) is 14.3 Å². The van der Waals surface area contributed by atoms with Crippen molar-refractivity contribution >= 4 is 14.4 Å². The van der Waals surface area contributed by atoms with Crippen molar-refractivity contribution in [2.75, 3.05) is 6.61 Å². The van der Waals surface area contributed by atoms with E-state index in [-0.39, 0.29) is 0 Å². The average molecular weight is 450 g/mol. The lowest BCUT2D eigenvalue weighted by atomic mass is 9.95. The molecular weight excluding hydrogens is 432 g/mol. The van der Waals surface area contributed by atoms with E-state index in [0.717, 1.165) is 19.2 Å². The van der Waals surface area contributed by atoms with Crippen LogP contribution in [-0.4, -0.2) is 71.3 Å². The molecule has 1 aliphatic rings. The fraction of sp³-hybridized carbons (Fsp3) is 0.583. The molecule has 1 saturated heterocycles. The molecule has 17 heteroatoms. The van der Waals surface area contributed by atoms with Crippen LogP contribution in [0, 0.1) is 0 Å². The van der Waals surface area contributed by atoms with Crippen molar-refractivity contribution in [1.82, 2.24) is 14.9 Å². The maximum atomic E-state index is 12.6. The van der Waals surface area contributed by atoms with Gasteiger partial charge < -0.3 is 35.2 Å². The molecule has 1 aromatic rings. The highest BCUT2D eigenvalue weighted by molar-refractivity contribution is 7.42. The van der Waals surface area contributed by atoms with Crippen LogP contribution >= 0.6 is 8.53 Å². The number of aliphatic hydroxyl groups excluding tert-OH is 2. The molecule has 0 bridgehead atoms. The van der Waals surface area contributed by atoms with Gasteiger partial charge in [-0.2, -0.15) is 13.2 Å². The minimum absolute atomic E-state index is 0.476. The molecule has 0 aromatic carbocycles. The third kappa shape index (κ3) is 5.18. The Kier molecular flexibility index (Phi) is 7.66. The van der Waals surface area contributed by atoms with Crippen LogP contribution in [0.5, 0.6) is 0 Å². The zero-order valence-electron chi connectivity index (χ0n) is 14.5.